The van der Waals surface area contributed by atoms with Gasteiger partial charge in [0, 0.05) is 24.8 Å². The fourth-order valence-electron chi connectivity index (χ4n) is 2.48. The van der Waals surface area contributed by atoms with Gasteiger partial charge in [-0.2, -0.15) is 4.31 Å². The van der Waals surface area contributed by atoms with Gasteiger partial charge in [0.2, 0.25) is 5.88 Å². The first kappa shape index (κ1) is 15.5. The number of piperidine rings is 1. The SMILES string of the molecule is Cc1cccc(OC2CCN(S(=O)(=O)c3cccs3)CC2)n1. The Bertz CT molecular complexity index is 721. The molecule has 0 N–H and O–H groups in total. The normalized spacial score (nSPS) is 17.5. The standard InChI is InChI=1S/C15H18N2O3S2/c1-12-4-2-5-14(16-12)20-13-7-9-17(10-8-13)22(18,19)15-6-3-11-21-15/h2-6,11,13H,7-10H2,1H3. The minimum Gasteiger partial charge on any atom is -0.474 e. The van der Waals surface area contributed by atoms with Gasteiger partial charge in [0.1, 0.15) is 10.3 Å². The number of nitrogens with zero attached hydrogens (tertiary/aromatic N) is 2. The molecule has 1 saturated heterocycles. The zero-order chi connectivity index (χ0) is 15.6. The molecule has 0 bridgehead atoms. The fraction of sp³-hybridized carbons (Fsp3) is 0.400. The van der Waals surface area contributed by atoms with E-state index in [1.807, 2.05) is 25.1 Å². The summed E-state index contributed by atoms with van der Waals surface area (Å²) in [7, 11) is -3.34. The van der Waals surface area contributed by atoms with Crippen LogP contribution in [0.1, 0.15) is 18.5 Å². The second kappa shape index (κ2) is 6.36. The summed E-state index contributed by atoms with van der Waals surface area (Å²) in [4.78, 5) is 4.32. The molecule has 3 rings (SSSR count). The van der Waals surface area contributed by atoms with E-state index in [4.69, 9.17) is 4.74 Å². The zero-order valence-corrected chi connectivity index (χ0v) is 13.9. The van der Waals surface area contributed by atoms with Gasteiger partial charge in [-0.3, -0.25) is 0 Å². The first-order chi connectivity index (χ1) is 10.6. The summed E-state index contributed by atoms with van der Waals surface area (Å²) < 4.78 is 32.7. The quantitative estimate of drug-likeness (QED) is 0.860. The molecule has 0 radical (unpaired) electrons. The number of thiophene rings is 1. The Kier molecular flexibility index (Phi) is 4.46. The van der Waals surface area contributed by atoms with E-state index >= 15 is 0 Å². The predicted octanol–water partition coefficient (Wildman–Crippen LogP) is 2.68. The van der Waals surface area contributed by atoms with E-state index in [1.54, 1.807) is 21.8 Å². The van der Waals surface area contributed by atoms with Crippen LogP contribution in [0.5, 0.6) is 5.88 Å². The summed E-state index contributed by atoms with van der Waals surface area (Å²) in [5.41, 5.74) is 0.912. The number of hydrogen-bond acceptors (Lipinski definition) is 5. The lowest BCUT2D eigenvalue weighted by Crippen LogP contribution is -2.41. The first-order valence-corrected chi connectivity index (χ1v) is 9.51. The van der Waals surface area contributed by atoms with Crippen LogP contribution in [-0.2, 0) is 10.0 Å². The van der Waals surface area contributed by atoms with Gasteiger partial charge in [-0.05, 0) is 37.3 Å². The molecular formula is C15H18N2O3S2. The van der Waals surface area contributed by atoms with Crippen LogP contribution in [-0.4, -0.2) is 36.9 Å². The molecule has 0 atom stereocenters. The molecule has 5 nitrogen and oxygen atoms in total. The number of sulfonamides is 1. The van der Waals surface area contributed by atoms with Crippen LogP contribution < -0.4 is 4.74 Å². The van der Waals surface area contributed by atoms with Crippen molar-refractivity contribution in [3.63, 3.8) is 0 Å². The van der Waals surface area contributed by atoms with Crippen LogP contribution in [0.4, 0.5) is 0 Å². The zero-order valence-electron chi connectivity index (χ0n) is 12.3. The largest absolute Gasteiger partial charge is 0.474 e. The number of ether oxygens (including phenoxy) is 1. The molecule has 1 aliphatic heterocycles. The highest BCUT2D eigenvalue weighted by Crippen LogP contribution is 2.25. The van der Waals surface area contributed by atoms with Crippen molar-refractivity contribution < 1.29 is 13.2 Å². The summed E-state index contributed by atoms with van der Waals surface area (Å²) in [6.45, 7) is 2.89. The minimum absolute atomic E-state index is 0.0177. The first-order valence-electron chi connectivity index (χ1n) is 7.20. The van der Waals surface area contributed by atoms with Crippen LogP contribution >= 0.6 is 11.3 Å². The average molecular weight is 338 g/mol. The molecule has 1 aliphatic rings. The van der Waals surface area contributed by atoms with Gasteiger partial charge in [0.15, 0.2) is 0 Å². The fourth-order valence-corrected chi connectivity index (χ4v) is 5.10. The Balaban J connectivity index is 1.61. The molecule has 118 valence electrons. The third-order valence-corrected chi connectivity index (χ3v) is 6.91. The van der Waals surface area contributed by atoms with Crippen LogP contribution in [0.15, 0.2) is 39.9 Å². The molecule has 0 spiro atoms. The summed E-state index contributed by atoms with van der Waals surface area (Å²) >= 11 is 1.26. The van der Waals surface area contributed by atoms with Crippen molar-refractivity contribution in [1.82, 2.24) is 9.29 Å². The van der Waals surface area contributed by atoms with E-state index < -0.39 is 10.0 Å². The molecule has 0 amide bonds. The Hall–Kier alpha value is -1.44. The van der Waals surface area contributed by atoms with Crippen molar-refractivity contribution in [3.8, 4) is 5.88 Å². The summed E-state index contributed by atoms with van der Waals surface area (Å²) in [5.74, 6) is 0.611. The number of rotatable bonds is 4. The second-order valence-electron chi connectivity index (χ2n) is 5.27. The second-order valence-corrected chi connectivity index (χ2v) is 8.38. The number of pyridine rings is 1. The average Bonchev–Trinajstić information content (AvgIpc) is 3.03. The molecule has 0 saturated carbocycles. The Morgan fingerprint density at radius 1 is 1.23 bits per heavy atom. The third kappa shape index (κ3) is 3.31. The molecule has 0 aliphatic carbocycles. The predicted molar refractivity (Wildman–Crippen MR) is 85.7 cm³/mol. The van der Waals surface area contributed by atoms with E-state index in [0.717, 1.165) is 5.69 Å². The van der Waals surface area contributed by atoms with Crippen molar-refractivity contribution in [2.75, 3.05) is 13.1 Å². The molecule has 7 heteroatoms. The summed E-state index contributed by atoms with van der Waals surface area (Å²) in [6.07, 6.45) is 1.38. The van der Waals surface area contributed by atoms with Gasteiger partial charge in [-0.25, -0.2) is 13.4 Å². The number of aromatic nitrogens is 1. The molecular weight excluding hydrogens is 320 g/mol. The molecule has 2 aromatic rings. The van der Waals surface area contributed by atoms with Gasteiger partial charge in [-0.15, -0.1) is 11.3 Å². The van der Waals surface area contributed by atoms with E-state index in [2.05, 4.69) is 4.98 Å². The van der Waals surface area contributed by atoms with Crippen LogP contribution in [0.3, 0.4) is 0 Å². The molecule has 1 fully saturated rings. The Labute approximate surface area is 134 Å². The molecule has 0 aromatic carbocycles. The highest BCUT2D eigenvalue weighted by Gasteiger charge is 2.30. The highest BCUT2D eigenvalue weighted by molar-refractivity contribution is 7.91. The lowest BCUT2D eigenvalue weighted by Gasteiger charge is -2.30. The van der Waals surface area contributed by atoms with Crippen molar-refractivity contribution in [2.45, 2.75) is 30.1 Å². The lowest BCUT2D eigenvalue weighted by molar-refractivity contribution is 0.130. The van der Waals surface area contributed by atoms with Crippen molar-refractivity contribution in [2.24, 2.45) is 0 Å². The molecule has 22 heavy (non-hydrogen) atoms. The van der Waals surface area contributed by atoms with Gasteiger partial charge in [-0.1, -0.05) is 12.1 Å². The number of aryl methyl sites for hydroxylation is 1. The van der Waals surface area contributed by atoms with Gasteiger partial charge in [0.05, 0.1) is 0 Å². The maximum absolute atomic E-state index is 12.4. The maximum atomic E-state index is 12.4. The van der Waals surface area contributed by atoms with Gasteiger partial charge >= 0.3 is 0 Å². The summed E-state index contributed by atoms with van der Waals surface area (Å²) in [6, 6.07) is 9.08. The van der Waals surface area contributed by atoms with E-state index in [-0.39, 0.29) is 6.10 Å². The highest BCUT2D eigenvalue weighted by atomic mass is 32.2. The Morgan fingerprint density at radius 3 is 2.64 bits per heavy atom. The minimum atomic E-state index is -3.34. The van der Waals surface area contributed by atoms with Crippen molar-refractivity contribution in [1.29, 1.82) is 0 Å². The van der Waals surface area contributed by atoms with Crippen molar-refractivity contribution in [3.05, 3.63) is 41.4 Å². The monoisotopic (exact) mass is 338 g/mol. The van der Waals surface area contributed by atoms with E-state index in [9.17, 15) is 8.42 Å². The van der Waals surface area contributed by atoms with E-state index in [0.29, 0.717) is 36.0 Å². The molecule has 3 heterocycles. The van der Waals surface area contributed by atoms with E-state index in [1.165, 1.54) is 11.3 Å². The molecule has 2 aromatic heterocycles. The number of hydrogen-bond donors (Lipinski definition) is 0. The maximum Gasteiger partial charge on any atom is 0.252 e. The smallest absolute Gasteiger partial charge is 0.252 e. The third-order valence-electron chi connectivity index (χ3n) is 3.64. The van der Waals surface area contributed by atoms with Gasteiger partial charge in [0.25, 0.3) is 10.0 Å². The Morgan fingerprint density at radius 2 is 2.00 bits per heavy atom. The lowest BCUT2D eigenvalue weighted by atomic mass is 10.1. The van der Waals surface area contributed by atoms with Crippen LogP contribution in [0, 0.1) is 6.92 Å². The van der Waals surface area contributed by atoms with Crippen LogP contribution in [0.2, 0.25) is 0 Å². The summed E-state index contributed by atoms with van der Waals surface area (Å²) in [5, 5.41) is 1.78. The van der Waals surface area contributed by atoms with Crippen LogP contribution in [0.25, 0.3) is 0 Å². The van der Waals surface area contributed by atoms with Crippen molar-refractivity contribution >= 4 is 21.4 Å². The molecule has 0 unspecified atom stereocenters. The van der Waals surface area contributed by atoms with Gasteiger partial charge < -0.3 is 4.74 Å². The topological polar surface area (TPSA) is 59.5 Å².